The largest absolute Gasteiger partial charge is 0.480 e. The first-order valence-electron chi connectivity index (χ1n) is 6.72. The number of urea groups is 1. The Labute approximate surface area is 109 Å². The lowest BCUT2D eigenvalue weighted by atomic mass is 10.0. The summed E-state index contributed by atoms with van der Waals surface area (Å²) in [7, 11) is 0. The average Bonchev–Trinajstić information content (AvgIpc) is 3.07. The fourth-order valence-electron chi connectivity index (χ4n) is 1.90. The molecule has 0 radical (unpaired) electrons. The van der Waals surface area contributed by atoms with E-state index in [9.17, 15) is 9.59 Å². The number of hydrogen-bond donors (Lipinski definition) is 2. The molecule has 2 amide bonds. The van der Waals surface area contributed by atoms with Gasteiger partial charge in [0, 0.05) is 13.1 Å². The third kappa shape index (κ3) is 4.94. The number of carboxylic acid groups (broad SMARTS) is 1. The smallest absolute Gasteiger partial charge is 0.326 e. The van der Waals surface area contributed by atoms with Crippen LogP contribution >= 0.6 is 0 Å². The Hall–Kier alpha value is -1.26. The van der Waals surface area contributed by atoms with E-state index >= 15 is 0 Å². The highest BCUT2D eigenvalue weighted by atomic mass is 16.4. The standard InChI is InChI=1S/C13H24N2O3/c1-4-15(8-10-5-6-10)13(18)14-11(12(16)17)7-9(2)3/h9-11H,4-8H2,1-3H3,(H,14,18)(H,16,17)/t11-/m1/s1. The van der Waals surface area contributed by atoms with Crippen LogP contribution in [-0.2, 0) is 4.79 Å². The molecule has 5 heteroatoms. The maximum atomic E-state index is 12.0. The molecule has 0 aromatic rings. The lowest BCUT2D eigenvalue weighted by Gasteiger charge is -2.24. The maximum absolute atomic E-state index is 12.0. The second-order valence-corrected chi connectivity index (χ2v) is 5.45. The summed E-state index contributed by atoms with van der Waals surface area (Å²) in [5, 5.41) is 11.7. The second-order valence-electron chi connectivity index (χ2n) is 5.45. The number of carboxylic acids is 1. The molecule has 1 fully saturated rings. The maximum Gasteiger partial charge on any atom is 0.326 e. The number of carbonyl (C=O) groups excluding carboxylic acids is 1. The number of nitrogens with one attached hydrogen (secondary N) is 1. The van der Waals surface area contributed by atoms with Crippen molar-refractivity contribution in [3.8, 4) is 0 Å². The molecule has 18 heavy (non-hydrogen) atoms. The van der Waals surface area contributed by atoms with E-state index in [1.807, 2.05) is 20.8 Å². The Morgan fingerprint density at radius 3 is 2.39 bits per heavy atom. The van der Waals surface area contributed by atoms with Crippen LogP contribution in [0.5, 0.6) is 0 Å². The van der Waals surface area contributed by atoms with Crippen LogP contribution in [0.3, 0.4) is 0 Å². The number of aliphatic carboxylic acids is 1. The minimum atomic E-state index is -0.959. The zero-order chi connectivity index (χ0) is 13.7. The third-order valence-electron chi connectivity index (χ3n) is 3.15. The summed E-state index contributed by atoms with van der Waals surface area (Å²) in [5.74, 6) is -0.103. The van der Waals surface area contributed by atoms with Crippen molar-refractivity contribution in [3.05, 3.63) is 0 Å². The number of amides is 2. The normalized spacial score (nSPS) is 16.4. The lowest BCUT2D eigenvalue weighted by Crippen LogP contribution is -2.48. The molecule has 0 aromatic heterocycles. The molecule has 104 valence electrons. The van der Waals surface area contributed by atoms with Crippen molar-refractivity contribution < 1.29 is 14.7 Å². The van der Waals surface area contributed by atoms with Gasteiger partial charge in [0.25, 0.3) is 0 Å². The first kappa shape index (κ1) is 14.8. The Kier molecular flexibility index (Phi) is 5.44. The molecule has 1 saturated carbocycles. The lowest BCUT2D eigenvalue weighted by molar-refractivity contribution is -0.139. The van der Waals surface area contributed by atoms with E-state index in [0.717, 1.165) is 6.54 Å². The van der Waals surface area contributed by atoms with Gasteiger partial charge in [-0.25, -0.2) is 9.59 Å². The summed E-state index contributed by atoms with van der Waals surface area (Å²) >= 11 is 0. The fourth-order valence-corrected chi connectivity index (χ4v) is 1.90. The summed E-state index contributed by atoms with van der Waals surface area (Å²) in [6.07, 6.45) is 2.82. The molecule has 2 N–H and O–H groups in total. The van der Waals surface area contributed by atoms with Gasteiger partial charge in [0.2, 0.25) is 0 Å². The van der Waals surface area contributed by atoms with Gasteiger partial charge in [-0.15, -0.1) is 0 Å². The monoisotopic (exact) mass is 256 g/mol. The number of nitrogens with zero attached hydrogens (tertiary/aromatic N) is 1. The molecule has 0 spiro atoms. The molecular weight excluding hydrogens is 232 g/mol. The Bertz CT molecular complexity index is 301. The molecule has 0 aromatic carbocycles. The quantitative estimate of drug-likeness (QED) is 0.731. The first-order valence-corrected chi connectivity index (χ1v) is 6.72. The van der Waals surface area contributed by atoms with Crippen LogP contribution in [-0.4, -0.2) is 41.1 Å². The molecule has 5 nitrogen and oxygen atoms in total. The molecule has 0 unspecified atom stereocenters. The summed E-state index contributed by atoms with van der Waals surface area (Å²) in [4.78, 5) is 24.8. The van der Waals surface area contributed by atoms with Crippen LogP contribution in [0.1, 0.15) is 40.0 Å². The minimum Gasteiger partial charge on any atom is -0.480 e. The third-order valence-corrected chi connectivity index (χ3v) is 3.15. The van der Waals surface area contributed by atoms with Gasteiger partial charge in [0.05, 0.1) is 0 Å². The van der Waals surface area contributed by atoms with Crippen molar-refractivity contribution in [2.45, 2.75) is 46.1 Å². The van der Waals surface area contributed by atoms with Gasteiger partial charge in [0.15, 0.2) is 0 Å². The SMILES string of the molecule is CCN(CC1CC1)C(=O)N[C@H](CC(C)C)C(=O)O. The van der Waals surface area contributed by atoms with Crippen molar-refractivity contribution >= 4 is 12.0 Å². The van der Waals surface area contributed by atoms with E-state index in [1.165, 1.54) is 12.8 Å². The van der Waals surface area contributed by atoms with Crippen molar-refractivity contribution in [3.63, 3.8) is 0 Å². The van der Waals surface area contributed by atoms with Gasteiger partial charge >= 0.3 is 12.0 Å². The summed E-state index contributed by atoms with van der Waals surface area (Å²) < 4.78 is 0. The average molecular weight is 256 g/mol. The topological polar surface area (TPSA) is 69.6 Å². The first-order chi connectivity index (χ1) is 8.43. The van der Waals surface area contributed by atoms with Crippen LogP contribution in [0.25, 0.3) is 0 Å². The zero-order valence-electron chi connectivity index (χ0n) is 11.5. The molecule has 0 aliphatic heterocycles. The van der Waals surface area contributed by atoms with E-state index in [-0.39, 0.29) is 11.9 Å². The summed E-state index contributed by atoms with van der Waals surface area (Å²) in [5.41, 5.74) is 0. The molecule has 0 bridgehead atoms. The van der Waals surface area contributed by atoms with Crippen LogP contribution in [0, 0.1) is 11.8 Å². The highest BCUT2D eigenvalue weighted by Crippen LogP contribution is 2.29. The van der Waals surface area contributed by atoms with Gasteiger partial charge in [-0.2, -0.15) is 0 Å². The Morgan fingerprint density at radius 1 is 1.39 bits per heavy atom. The van der Waals surface area contributed by atoms with Crippen LogP contribution in [0.4, 0.5) is 4.79 Å². The van der Waals surface area contributed by atoms with E-state index in [0.29, 0.717) is 18.9 Å². The number of rotatable bonds is 7. The van der Waals surface area contributed by atoms with Gasteiger partial charge in [-0.05, 0) is 38.0 Å². The van der Waals surface area contributed by atoms with Crippen molar-refractivity contribution in [1.29, 1.82) is 0 Å². The van der Waals surface area contributed by atoms with E-state index in [4.69, 9.17) is 5.11 Å². The highest BCUT2D eigenvalue weighted by molar-refractivity contribution is 5.82. The number of carbonyl (C=O) groups is 2. The predicted octanol–water partition coefficient (Wildman–Crippen LogP) is 1.93. The zero-order valence-corrected chi connectivity index (χ0v) is 11.5. The summed E-state index contributed by atoms with van der Waals surface area (Å²) in [6.45, 7) is 7.18. The molecular formula is C13H24N2O3. The highest BCUT2D eigenvalue weighted by Gasteiger charge is 2.28. The molecule has 0 heterocycles. The van der Waals surface area contributed by atoms with Crippen LogP contribution in [0.2, 0.25) is 0 Å². The van der Waals surface area contributed by atoms with Gasteiger partial charge < -0.3 is 15.3 Å². The molecule has 1 aliphatic rings. The van der Waals surface area contributed by atoms with E-state index < -0.39 is 12.0 Å². The predicted molar refractivity (Wildman–Crippen MR) is 69.4 cm³/mol. The molecule has 0 saturated heterocycles. The molecule has 1 rings (SSSR count). The van der Waals surface area contributed by atoms with Gasteiger partial charge in [-0.1, -0.05) is 13.8 Å². The van der Waals surface area contributed by atoms with E-state index in [1.54, 1.807) is 4.90 Å². The van der Waals surface area contributed by atoms with Gasteiger partial charge in [-0.3, -0.25) is 0 Å². The van der Waals surface area contributed by atoms with Crippen molar-refractivity contribution in [2.24, 2.45) is 11.8 Å². The van der Waals surface area contributed by atoms with E-state index in [2.05, 4.69) is 5.32 Å². The van der Waals surface area contributed by atoms with Gasteiger partial charge in [0.1, 0.15) is 6.04 Å². The van der Waals surface area contributed by atoms with Crippen LogP contribution < -0.4 is 5.32 Å². The second kappa shape index (κ2) is 6.61. The summed E-state index contributed by atoms with van der Waals surface area (Å²) in [6, 6.07) is -1.04. The molecule has 1 atom stereocenters. The fraction of sp³-hybridized carbons (Fsp3) is 0.846. The Morgan fingerprint density at radius 2 is 2.00 bits per heavy atom. The minimum absolute atomic E-state index is 0.241. The van der Waals surface area contributed by atoms with Crippen LogP contribution in [0.15, 0.2) is 0 Å². The molecule has 1 aliphatic carbocycles. The van der Waals surface area contributed by atoms with Crippen molar-refractivity contribution in [1.82, 2.24) is 10.2 Å². The number of hydrogen-bond acceptors (Lipinski definition) is 2. The Balaban J connectivity index is 2.49. The van der Waals surface area contributed by atoms with Crippen molar-refractivity contribution in [2.75, 3.05) is 13.1 Å².